The Labute approximate surface area is 110 Å². The predicted molar refractivity (Wildman–Crippen MR) is 64.5 cm³/mol. The van der Waals surface area contributed by atoms with E-state index in [0.717, 1.165) is 5.69 Å². The van der Waals surface area contributed by atoms with Gasteiger partial charge in [-0.2, -0.15) is 13.2 Å². The molecule has 1 aliphatic rings. The number of hydrogen-bond acceptors (Lipinski definition) is 4. The van der Waals surface area contributed by atoms with E-state index < -0.39 is 12.1 Å². The van der Waals surface area contributed by atoms with E-state index in [1.807, 2.05) is 6.92 Å². The zero-order valence-electron chi connectivity index (χ0n) is 10.7. The molecule has 1 aliphatic heterocycles. The van der Waals surface area contributed by atoms with Crippen LogP contribution in [0.4, 0.5) is 13.2 Å². The van der Waals surface area contributed by atoms with E-state index in [4.69, 9.17) is 0 Å². The summed E-state index contributed by atoms with van der Waals surface area (Å²) in [5, 5.41) is 2.83. The Morgan fingerprint density at radius 2 is 2.16 bits per heavy atom. The standard InChI is InChI=1S/C12H17F3N4/c1-9-4-18-11(6-17-9)8-19-3-2-16-5-10(7-19)12(13,14)15/h4,6,10,16H,2-3,5,7-8H2,1H3. The van der Waals surface area contributed by atoms with Gasteiger partial charge in [-0.15, -0.1) is 0 Å². The van der Waals surface area contributed by atoms with Gasteiger partial charge in [-0.25, -0.2) is 0 Å². The Morgan fingerprint density at radius 3 is 2.79 bits per heavy atom. The molecule has 0 aliphatic carbocycles. The summed E-state index contributed by atoms with van der Waals surface area (Å²) in [6, 6.07) is 0. The van der Waals surface area contributed by atoms with Crippen molar-refractivity contribution >= 4 is 0 Å². The maximum atomic E-state index is 12.8. The van der Waals surface area contributed by atoms with Gasteiger partial charge in [0.05, 0.1) is 17.3 Å². The average Bonchev–Trinajstić information content (AvgIpc) is 2.57. The second kappa shape index (κ2) is 5.83. The van der Waals surface area contributed by atoms with Crippen molar-refractivity contribution < 1.29 is 13.2 Å². The van der Waals surface area contributed by atoms with Gasteiger partial charge < -0.3 is 5.32 Å². The lowest BCUT2D eigenvalue weighted by atomic mass is 10.1. The van der Waals surface area contributed by atoms with Gasteiger partial charge >= 0.3 is 6.18 Å². The first-order valence-corrected chi connectivity index (χ1v) is 6.22. The lowest BCUT2D eigenvalue weighted by molar-refractivity contribution is -0.176. The Kier molecular flexibility index (Phi) is 4.36. The highest BCUT2D eigenvalue weighted by atomic mass is 19.4. The van der Waals surface area contributed by atoms with Gasteiger partial charge in [-0.1, -0.05) is 0 Å². The van der Waals surface area contributed by atoms with Gasteiger partial charge in [-0.3, -0.25) is 14.9 Å². The molecule has 1 saturated heterocycles. The van der Waals surface area contributed by atoms with E-state index >= 15 is 0 Å². The third-order valence-electron chi connectivity index (χ3n) is 3.16. The number of alkyl halides is 3. The van der Waals surface area contributed by atoms with Crippen LogP contribution in [0.5, 0.6) is 0 Å². The molecule has 1 unspecified atom stereocenters. The fourth-order valence-corrected chi connectivity index (χ4v) is 2.07. The number of hydrogen-bond donors (Lipinski definition) is 1. The van der Waals surface area contributed by atoms with Crippen LogP contribution in [0.1, 0.15) is 11.4 Å². The summed E-state index contributed by atoms with van der Waals surface area (Å²) in [5.41, 5.74) is 1.50. The summed E-state index contributed by atoms with van der Waals surface area (Å²) in [6.07, 6.45) is -0.905. The molecule has 106 valence electrons. The van der Waals surface area contributed by atoms with E-state index in [2.05, 4.69) is 15.3 Å². The zero-order chi connectivity index (χ0) is 13.9. The van der Waals surface area contributed by atoms with E-state index in [1.54, 1.807) is 17.3 Å². The average molecular weight is 274 g/mol. The number of aryl methyl sites for hydroxylation is 1. The molecule has 1 N–H and O–H groups in total. The molecular weight excluding hydrogens is 257 g/mol. The van der Waals surface area contributed by atoms with Crippen molar-refractivity contribution in [3.8, 4) is 0 Å². The second-order valence-electron chi connectivity index (χ2n) is 4.83. The number of nitrogens with zero attached hydrogens (tertiary/aromatic N) is 3. The molecule has 0 bridgehead atoms. The van der Waals surface area contributed by atoms with Crippen molar-refractivity contribution in [2.75, 3.05) is 26.2 Å². The monoisotopic (exact) mass is 274 g/mol. The smallest absolute Gasteiger partial charge is 0.315 e. The highest BCUT2D eigenvalue weighted by Gasteiger charge is 2.40. The quantitative estimate of drug-likeness (QED) is 0.884. The molecule has 2 heterocycles. The molecule has 19 heavy (non-hydrogen) atoms. The first-order valence-electron chi connectivity index (χ1n) is 6.22. The van der Waals surface area contributed by atoms with Crippen molar-refractivity contribution in [3.63, 3.8) is 0 Å². The third-order valence-corrected chi connectivity index (χ3v) is 3.16. The minimum atomic E-state index is -4.16. The Bertz CT molecular complexity index is 404. The molecule has 1 aromatic heterocycles. The predicted octanol–water partition coefficient (Wildman–Crippen LogP) is 1.37. The van der Waals surface area contributed by atoms with E-state index in [9.17, 15) is 13.2 Å². The lowest BCUT2D eigenvalue weighted by Crippen LogP contribution is -2.38. The topological polar surface area (TPSA) is 41.1 Å². The van der Waals surface area contributed by atoms with Crippen LogP contribution >= 0.6 is 0 Å². The van der Waals surface area contributed by atoms with Crippen molar-refractivity contribution in [2.45, 2.75) is 19.6 Å². The van der Waals surface area contributed by atoms with E-state index in [1.165, 1.54) is 0 Å². The molecule has 4 nitrogen and oxygen atoms in total. The van der Waals surface area contributed by atoms with Gasteiger partial charge in [0.1, 0.15) is 0 Å². The van der Waals surface area contributed by atoms with Gasteiger partial charge in [0.25, 0.3) is 0 Å². The molecule has 2 rings (SSSR count). The Hall–Kier alpha value is -1.21. The van der Waals surface area contributed by atoms with E-state index in [-0.39, 0.29) is 13.1 Å². The SMILES string of the molecule is Cc1cnc(CN2CCNCC(C(F)(F)F)C2)cn1. The molecule has 0 aromatic carbocycles. The van der Waals surface area contributed by atoms with Crippen LogP contribution in [-0.4, -0.2) is 47.2 Å². The summed E-state index contributed by atoms with van der Waals surface area (Å²) >= 11 is 0. The molecule has 0 radical (unpaired) electrons. The molecule has 1 atom stereocenters. The lowest BCUT2D eigenvalue weighted by Gasteiger charge is -2.24. The second-order valence-corrected chi connectivity index (χ2v) is 4.83. The van der Waals surface area contributed by atoms with Crippen LogP contribution in [0.3, 0.4) is 0 Å². The van der Waals surface area contributed by atoms with Crippen LogP contribution in [0.15, 0.2) is 12.4 Å². The Morgan fingerprint density at radius 1 is 1.37 bits per heavy atom. The first kappa shape index (κ1) is 14.2. The van der Waals surface area contributed by atoms with Crippen LogP contribution in [-0.2, 0) is 6.54 Å². The minimum Gasteiger partial charge on any atom is -0.315 e. The molecule has 0 amide bonds. The van der Waals surface area contributed by atoms with Gasteiger partial charge in [0.15, 0.2) is 0 Å². The molecule has 0 spiro atoms. The number of halogens is 3. The minimum absolute atomic E-state index is 0.00601. The fourth-order valence-electron chi connectivity index (χ4n) is 2.07. The van der Waals surface area contributed by atoms with Crippen LogP contribution in [0, 0.1) is 12.8 Å². The third kappa shape index (κ3) is 4.14. The summed E-state index contributed by atoms with van der Waals surface area (Å²) in [6.45, 7) is 3.37. The first-order chi connectivity index (χ1) is 8.95. The largest absolute Gasteiger partial charge is 0.394 e. The summed E-state index contributed by atoms with van der Waals surface area (Å²) in [4.78, 5) is 10.1. The molecular formula is C12H17F3N4. The number of aromatic nitrogens is 2. The van der Waals surface area contributed by atoms with Crippen LogP contribution in [0.25, 0.3) is 0 Å². The molecule has 1 aromatic rings. The van der Waals surface area contributed by atoms with Crippen LogP contribution < -0.4 is 5.32 Å². The van der Waals surface area contributed by atoms with Crippen molar-refractivity contribution in [2.24, 2.45) is 5.92 Å². The number of rotatable bonds is 2. The van der Waals surface area contributed by atoms with E-state index in [0.29, 0.717) is 25.3 Å². The highest BCUT2D eigenvalue weighted by Crippen LogP contribution is 2.27. The maximum absolute atomic E-state index is 12.8. The van der Waals surface area contributed by atoms with Gasteiger partial charge in [0, 0.05) is 45.1 Å². The molecule has 0 saturated carbocycles. The normalized spacial score (nSPS) is 22.2. The number of nitrogens with one attached hydrogen (secondary N) is 1. The van der Waals surface area contributed by atoms with Crippen molar-refractivity contribution in [1.29, 1.82) is 0 Å². The van der Waals surface area contributed by atoms with Crippen LogP contribution in [0.2, 0.25) is 0 Å². The van der Waals surface area contributed by atoms with Crippen molar-refractivity contribution in [1.82, 2.24) is 20.2 Å². The summed E-state index contributed by atoms with van der Waals surface area (Å²) in [7, 11) is 0. The van der Waals surface area contributed by atoms with Gasteiger partial charge in [-0.05, 0) is 6.92 Å². The zero-order valence-corrected chi connectivity index (χ0v) is 10.7. The molecule has 7 heteroatoms. The summed E-state index contributed by atoms with van der Waals surface area (Å²) < 4.78 is 38.4. The van der Waals surface area contributed by atoms with Crippen molar-refractivity contribution in [3.05, 3.63) is 23.8 Å². The summed E-state index contributed by atoms with van der Waals surface area (Å²) in [5.74, 6) is -1.33. The fraction of sp³-hybridized carbons (Fsp3) is 0.667. The maximum Gasteiger partial charge on any atom is 0.394 e. The molecule has 1 fully saturated rings. The highest BCUT2D eigenvalue weighted by molar-refractivity contribution is 5.00. The Balaban J connectivity index is 2.00. The van der Waals surface area contributed by atoms with Gasteiger partial charge in [0.2, 0.25) is 0 Å².